The number of benzene rings is 1. The quantitative estimate of drug-likeness (QED) is 0.295. The third-order valence-electron chi connectivity index (χ3n) is 5.66. The zero-order valence-corrected chi connectivity index (χ0v) is 20.9. The van der Waals surface area contributed by atoms with Crippen molar-refractivity contribution in [2.24, 2.45) is 0 Å². The molecule has 0 aliphatic carbocycles. The number of hydrogen-bond acceptors (Lipinski definition) is 7. The summed E-state index contributed by atoms with van der Waals surface area (Å²) in [6.07, 6.45) is 0. The fourth-order valence-corrected chi connectivity index (χ4v) is 5.55. The van der Waals surface area contributed by atoms with Crippen molar-refractivity contribution in [2.75, 3.05) is 14.2 Å². The molecule has 3 heterocycles. The van der Waals surface area contributed by atoms with E-state index >= 15 is 0 Å². The summed E-state index contributed by atoms with van der Waals surface area (Å²) < 4.78 is 17.1. The zero-order chi connectivity index (χ0) is 23.4. The Morgan fingerprint density at radius 1 is 0.909 bits per heavy atom. The summed E-state index contributed by atoms with van der Waals surface area (Å²) in [6.45, 7) is 5.65. The minimum atomic E-state index is -1.29. The third kappa shape index (κ3) is 5.01. The maximum atomic E-state index is 11.8. The van der Waals surface area contributed by atoms with E-state index in [1.165, 1.54) is 22.7 Å². The SMILES string of the molecule is COc1cc(CN(Cc2ccc(C(O)(c3cccs3)c3cccs3)o2)C(C)C)cc(OC)c1. The summed E-state index contributed by atoms with van der Waals surface area (Å²) >= 11 is 3.04. The molecular weight excluding hydrogens is 454 g/mol. The van der Waals surface area contributed by atoms with Crippen molar-refractivity contribution in [3.63, 3.8) is 0 Å². The fourth-order valence-electron chi connectivity index (χ4n) is 3.80. The topological polar surface area (TPSA) is 55.1 Å². The van der Waals surface area contributed by atoms with Crippen LogP contribution in [-0.2, 0) is 18.7 Å². The number of methoxy groups -OCH3 is 2. The van der Waals surface area contributed by atoms with Crippen LogP contribution < -0.4 is 9.47 Å². The van der Waals surface area contributed by atoms with Gasteiger partial charge in [-0.25, -0.2) is 0 Å². The molecule has 0 aliphatic heterocycles. The predicted octanol–water partition coefficient (Wildman–Crippen LogP) is 6.11. The van der Waals surface area contributed by atoms with Crippen molar-refractivity contribution >= 4 is 22.7 Å². The molecule has 1 aromatic carbocycles. The van der Waals surface area contributed by atoms with Gasteiger partial charge in [-0.1, -0.05) is 12.1 Å². The molecule has 0 atom stereocenters. The Balaban J connectivity index is 1.60. The molecule has 0 spiro atoms. The van der Waals surface area contributed by atoms with E-state index in [4.69, 9.17) is 13.9 Å². The molecule has 4 aromatic rings. The van der Waals surface area contributed by atoms with Gasteiger partial charge in [0.1, 0.15) is 23.0 Å². The maximum absolute atomic E-state index is 11.8. The molecule has 7 heteroatoms. The highest BCUT2D eigenvalue weighted by atomic mass is 32.1. The summed E-state index contributed by atoms with van der Waals surface area (Å²) in [7, 11) is 3.32. The van der Waals surface area contributed by atoms with Crippen LogP contribution in [0.2, 0.25) is 0 Å². The molecule has 0 saturated heterocycles. The van der Waals surface area contributed by atoms with E-state index in [1.807, 2.05) is 65.4 Å². The van der Waals surface area contributed by atoms with Crippen molar-refractivity contribution in [1.29, 1.82) is 0 Å². The molecule has 3 aromatic heterocycles. The first-order valence-electron chi connectivity index (χ1n) is 10.8. The molecule has 0 aliphatic rings. The second-order valence-corrected chi connectivity index (χ2v) is 10.0. The second kappa shape index (κ2) is 10.1. The van der Waals surface area contributed by atoms with Crippen molar-refractivity contribution in [1.82, 2.24) is 4.90 Å². The molecule has 0 radical (unpaired) electrons. The number of thiophene rings is 2. The van der Waals surface area contributed by atoms with E-state index in [0.717, 1.165) is 32.6 Å². The molecule has 174 valence electrons. The van der Waals surface area contributed by atoms with Gasteiger partial charge in [0.25, 0.3) is 0 Å². The summed E-state index contributed by atoms with van der Waals surface area (Å²) in [4.78, 5) is 4.00. The molecule has 0 bridgehead atoms. The van der Waals surface area contributed by atoms with Gasteiger partial charge in [-0.15, -0.1) is 22.7 Å². The van der Waals surface area contributed by atoms with Gasteiger partial charge in [-0.2, -0.15) is 0 Å². The zero-order valence-electron chi connectivity index (χ0n) is 19.3. The van der Waals surface area contributed by atoms with E-state index in [0.29, 0.717) is 18.8 Å². The lowest BCUT2D eigenvalue weighted by Crippen LogP contribution is -2.30. The Kier molecular flexibility index (Phi) is 7.24. The minimum Gasteiger partial charge on any atom is -0.497 e. The maximum Gasteiger partial charge on any atom is 0.191 e. The van der Waals surface area contributed by atoms with Crippen LogP contribution in [0.3, 0.4) is 0 Å². The average molecular weight is 484 g/mol. The first-order chi connectivity index (χ1) is 15.9. The van der Waals surface area contributed by atoms with Crippen LogP contribution in [0.4, 0.5) is 0 Å². The van der Waals surface area contributed by atoms with Crippen LogP contribution in [0.15, 0.2) is 69.8 Å². The Morgan fingerprint density at radius 3 is 2.00 bits per heavy atom. The van der Waals surface area contributed by atoms with Crippen molar-refractivity contribution in [3.8, 4) is 11.5 Å². The normalized spacial score (nSPS) is 12.0. The standard InChI is InChI=1S/C26H29NO4S2/c1-18(2)27(16-19-13-21(29-3)15-22(14-19)30-4)17-20-9-10-23(31-20)26(28,24-7-5-11-32-24)25-8-6-12-33-25/h5-15,18,28H,16-17H2,1-4H3. The summed E-state index contributed by atoms with van der Waals surface area (Å²) in [5.74, 6) is 2.88. The highest BCUT2D eigenvalue weighted by molar-refractivity contribution is 7.11. The van der Waals surface area contributed by atoms with Gasteiger partial charge in [-0.05, 0) is 66.6 Å². The highest BCUT2D eigenvalue weighted by Crippen LogP contribution is 2.42. The molecule has 4 rings (SSSR count). The minimum absolute atomic E-state index is 0.282. The number of aliphatic hydroxyl groups is 1. The van der Waals surface area contributed by atoms with Gasteiger partial charge in [-0.3, -0.25) is 4.90 Å². The molecule has 5 nitrogen and oxygen atoms in total. The molecule has 0 amide bonds. The average Bonchev–Trinajstić information content (AvgIpc) is 3.60. The van der Waals surface area contributed by atoms with Gasteiger partial charge in [0.15, 0.2) is 5.60 Å². The number of furan rings is 1. The predicted molar refractivity (Wildman–Crippen MR) is 133 cm³/mol. The van der Waals surface area contributed by atoms with Crippen molar-refractivity contribution in [2.45, 2.75) is 38.6 Å². The highest BCUT2D eigenvalue weighted by Gasteiger charge is 2.39. The van der Waals surface area contributed by atoms with Crippen LogP contribution in [0.5, 0.6) is 11.5 Å². The van der Waals surface area contributed by atoms with E-state index in [-0.39, 0.29) is 6.04 Å². The van der Waals surface area contributed by atoms with E-state index in [1.54, 1.807) is 14.2 Å². The molecule has 0 unspecified atom stereocenters. The van der Waals surface area contributed by atoms with Gasteiger partial charge in [0.05, 0.1) is 20.8 Å². The lowest BCUT2D eigenvalue weighted by atomic mass is 9.97. The van der Waals surface area contributed by atoms with Crippen molar-refractivity contribution < 1.29 is 19.0 Å². The summed E-state index contributed by atoms with van der Waals surface area (Å²) in [5, 5.41) is 15.7. The molecule has 33 heavy (non-hydrogen) atoms. The van der Waals surface area contributed by atoms with Crippen molar-refractivity contribution in [3.05, 3.63) is 92.2 Å². The van der Waals surface area contributed by atoms with Gasteiger partial charge in [0, 0.05) is 28.4 Å². The lowest BCUT2D eigenvalue weighted by Gasteiger charge is -2.26. The van der Waals surface area contributed by atoms with Crippen LogP contribution in [0.25, 0.3) is 0 Å². The number of ether oxygens (including phenoxy) is 2. The van der Waals surface area contributed by atoms with Gasteiger partial charge < -0.3 is 19.0 Å². The fraction of sp³-hybridized carbons (Fsp3) is 0.308. The largest absolute Gasteiger partial charge is 0.497 e. The molecule has 1 N–H and O–H groups in total. The van der Waals surface area contributed by atoms with Crippen LogP contribution in [-0.4, -0.2) is 30.3 Å². The monoisotopic (exact) mass is 483 g/mol. The second-order valence-electron chi connectivity index (χ2n) is 8.15. The van der Waals surface area contributed by atoms with Crippen LogP contribution >= 0.6 is 22.7 Å². The summed E-state index contributed by atoms with van der Waals surface area (Å²) in [5.41, 5.74) is -0.191. The summed E-state index contributed by atoms with van der Waals surface area (Å²) in [6, 6.07) is 17.9. The van der Waals surface area contributed by atoms with Gasteiger partial charge >= 0.3 is 0 Å². The first-order valence-corrected chi connectivity index (χ1v) is 12.6. The molecular formula is C26H29NO4S2. The first kappa shape index (κ1) is 23.6. The van der Waals surface area contributed by atoms with E-state index in [2.05, 4.69) is 18.7 Å². The van der Waals surface area contributed by atoms with Crippen LogP contribution in [0, 0.1) is 0 Å². The van der Waals surface area contributed by atoms with Crippen LogP contribution in [0.1, 0.15) is 40.7 Å². The Morgan fingerprint density at radius 2 is 1.52 bits per heavy atom. The Bertz CT molecular complexity index is 1090. The molecule has 0 saturated carbocycles. The molecule has 0 fully saturated rings. The van der Waals surface area contributed by atoms with Gasteiger partial charge in [0.2, 0.25) is 0 Å². The Labute approximate surface area is 202 Å². The lowest BCUT2D eigenvalue weighted by molar-refractivity contribution is 0.101. The number of rotatable bonds is 10. The van der Waals surface area contributed by atoms with E-state index in [9.17, 15) is 5.11 Å². The smallest absolute Gasteiger partial charge is 0.191 e. The van der Waals surface area contributed by atoms with E-state index < -0.39 is 5.60 Å². The Hall–Kier alpha value is -2.58. The number of hydrogen-bond donors (Lipinski definition) is 1. The third-order valence-corrected chi connectivity index (χ3v) is 7.62. The number of nitrogens with zero attached hydrogens (tertiary/aromatic N) is 1.